The Balaban J connectivity index is 1.47. The van der Waals surface area contributed by atoms with Gasteiger partial charge in [-0.15, -0.1) is 0 Å². The van der Waals surface area contributed by atoms with Gasteiger partial charge in [0.1, 0.15) is 48.3 Å². The van der Waals surface area contributed by atoms with Gasteiger partial charge in [0.15, 0.2) is 17.7 Å². The Morgan fingerprint density at radius 1 is 1.13 bits per heavy atom. The molecule has 2 aromatic carbocycles. The van der Waals surface area contributed by atoms with Crippen LogP contribution in [-0.4, -0.2) is 65.1 Å². The van der Waals surface area contributed by atoms with Gasteiger partial charge < -0.3 is 39.7 Å². The molecule has 3 unspecified atom stereocenters. The van der Waals surface area contributed by atoms with Crippen molar-refractivity contribution in [2.24, 2.45) is 16.8 Å². The van der Waals surface area contributed by atoms with Gasteiger partial charge in [-0.05, 0) is 35.1 Å². The van der Waals surface area contributed by atoms with E-state index in [-0.39, 0.29) is 36.7 Å². The molecule has 0 radical (unpaired) electrons. The van der Waals surface area contributed by atoms with E-state index in [1.165, 1.54) is 0 Å². The number of hydrogen-bond donors (Lipinski definition) is 4. The number of rotatable bonds is 6. The Morgan fingerprint density at radius 2 is 1.93 bits per heavy atom. The van der Waals surface area contributed by atoms with Gasteiger partial charge in [0.2, 0.25) is 23.6 Å². The Kier molecular flexibility index (Phi) is 6.92. The van der Waals surface area contributed by atoms with E-state index in [4.69, 9.17) is 18.9 Å². The third-order valence-corrected chi connectivity index (χ3v) is 8.98. The lowest BCUT2D eigenvalue weighted by Crippen LogP contribution is -2.52. The summed E-state index contributed by atoms with van der Waals surface area (Å²) in [5, 5.41) is 19.8. The number of nitrogens with one attached hydrogen (secondary N) is 3. The second-order valence-electron chi connectivity index (χ2n) is 12.7. The summed E-state index contributed by atoms with van der Waals surface area (Å²) in [6.45, 7) is 7.40. The zero-order chi connectivity index (χ0) is 31.6. The number of hydrogen-bond acceptors (Lipinski definition) is 10. The fourth-order valence-electron chi connectivity index (χ4n) is 6.60. The van der Waals surface area contributed by atoms with Crippen molar-refractivity contribution < 1.29 is 33.4 Å². The number of benzene rings is 2. The summed E-state index contributed by atoms with van der Waals surface area (Å²) in [7, 11) is 0. The number of carbonyl (C=O) groups is 3. The van der Waals surface area contributed by atoms with Crippen molar-refractivity contribution in [2.75, 3.05) is 11.9 Å². The van der Waals surface area contributed by atoms with Gasteiger partial charge in [0.05, 0.1) is 0 Å². The molecule has 0 fully saturated rings. The van der Waals surface area contributed by atoms with Crippen LogP contribution >= 0.6 is 0 Å². The largest absolute Gasteiger partial charge is 0.474 e. The molecular formula is C33H35N5O7. The first-order chi connectivity index (χ1) is 21.6. The van der Waals surface area contributed by atoms with Crippen LogP contribution in [0.15, 0.2) is 51.9 Å². The number of oxazole rings is 1. The zero-order valence-electron chi connectivity index (χ0n) is 25.4. The first-order valence-electron chi connectivity index (χ1n) is 15.2. The van der Waals surface area contributed by atoms with E-state index in [1.807, 2.05) is 56.3 Å². The molecular weight excluding hydrogens is 578 g/mol. The monoisotopic (exact) mass is 613 g/mol. The van der Waals surface area contributed by atoms with Crippen LogP contribution in [0.5, 0.6) is 5.75 Å². The topological polar surface area (TPSA) is 164 Å². The number of aliphatic hydroxyl groups excluding tert-OH is 1. The van der Waals surface area contributed by atoms with Crippen LogP contribution in [0.4, 0.5) is 5.69 Å². The maximum Gasteiger partial charge on any atom is 0.249 e. The quantitative estimate of drug-likeness (QED) is 0.306. The van der Waals surface area contributed by atoms with E-state index in [2.05, 4.69) is 20.9 Å². The van der Waals surface area contributed by atoms with Crippen molar-refractivity contribution in [3.05, 3.63) is 76.5 Å². The second-order valence-corrected chi connectivity index (χ2v) is 12.7. The summed E-state index contributed by atoms with van der Waals surface area (Å²) in [4.78, 5) is 47.9. The molecule has 4 aliphatic rings. The maximum atomic E-state index is 13.9. The predicted octanol–water partition coefficient (Wildman–Crippen LogP) is 2.37. The van der Waals surface area contributed by atoms with Crippen LogP contribution in [-0.2, 0) is 31.0 Å². The Hall–Kier alpha value is -4.71. The van der Waals surface area contributed by atoms with Crippen LogP contribution in [0.2, 0.25) is 0 Å². The van der Waals surface area contributed by atoms with E-state index in [9.17, 15) is 19.5 Å². The predicted molar refractivity (Wildman–Crippen MR) is 162 cm³/mol. The third kappa shape index (κ3) is 4.49. The summed E-state index contributed by atoms with van der Waals surface area (Å²) in [5.41, 5.74) is 2.59. The highest BCUT2D eigenvalue weighted by Crippen LogP contribution is 2.58. The molecule has 1 spiro atoms. The van der Waals surface area contributed by atoms with Gasteiger partial charge in [0, 0.05) is 17.7 Å². The standard InChI is InChI=1S/C33H35N5O7/c1-15(2)24-31-38-25(30-34-18(13-39)14-43-30)27(45-31)33-19-7-5-6-8-21(19)36-32(33)44-23-10-9-17(11-20(23)33)12-22(28(41)37-24)35-29(42)26(40)16(3)4/h5-11,13,15-16,18,22,24,26,32,36,40H,12,14H2,1-4H3,(H,35,42)(H,37,41)/t18-,22+,24+,26?,32?,33?/m1/s1. The Bertz CT molecular complexity index is 1730. The van der Waals surface area contributed by atoms with Gasteiger partial charge in [0.25, 0.3) is 0 Å². The average molecular weight is 614 g/mol. The zero-order valence-corrected chi connectivity index (χ0v) is 25.4. The van der Waals surface area contributed by atoms with Gasteiger partial charge in [-0.2, -0.15) is 0 Å². The Labute approximate surface area is 259 Å². The first-order valence-corrected chi connectivity index (χ1v) is 15.2. The molecule has 0 saturated heterocycles. The molecule has 3 aromatic rings. The van der Waals surface area contributed by atoms with Gasteiger partial charge in [-0.25, -0.2) is 9.98 Å². The highest BCUT2D eigenvalue weighted by Gasteiger charge is 2.61. The molecule has 12 heteroatoms. The molecule has 1 aromatic heterocycles. The molecule has 4 N–H and O–H groups in total. The number of fused-ring (bicyclic) bond motifs is 4. The molecule has 5 heterocycles. The number of aliphatic imine (C=N–C) groups is 1. The number of aldehydes is 1. The number of anilines is 1. The highest BCUT2D eigenvalue weighted by molar-refractivity contribution is 5.97. The van der Waals surface area contributed by atoms with Crippen LogP contribution in [0.3, 0.4) is 0 Å². The van der Waals surface area contributed by atoms with E-state index in [1.54, 1.807) is 13.8 Å². The summed E-state index contributed by atoms with van der Waals surface area (Å²) in [5.74, 6) is -0.162. The third-order valence-electron chi connectivity index (χ3n) is 8.98. The smallest absolute Gasteiger partial charge is 0.249 e. The van der Waals surface area contributed by atoms with Gasteiger partial charge in [-0.1, -0.05) is 58.0 Å². The van der Waals surface area contributed by atoms with E-state index in [0.717, 1.165) is 28.7 Å². The first kappa shape index (κ1) is 29.0. The summed E-state index contributed by atoms with van der Waals surface area (Å²) >= 11 is 0. The van der Waals surface area contributed by atoms with Crippen molar-refractivity contribution in [2.45, 2.75) is 70.0 Å². The maximum absolute atomic E-state index is 13.9. The van der Waals surface area contributed by atoms with Crippen LogP contribution in [0, 0.1) is 11.8 Å². The SMILES string of the molecule is CC(C)C(O)C(=O)N[C@H]1Cc2ccc3c(c2)C2(c4ccccc4NC2O3)c2oc(nc2C2=N[C@H](C=O)CO2)[C@H](C(C)C)NC1=O. The molecule has 12 nitrogen and oxygen atoms in total. The molecule has 45 heavy (non-hydrogen) atoms. The number of nitrogens with zero attached hydrogens (tertiary/aromatic N) is 2. The van der Waals surface area contributed by atoms with Crippen molar-refractivity contribution in [1.82, 2.24) is 15.6 Å². The van der Waals surface area contributed by atoms with E-state index >= 15 is 0 Å². The molecule has 0 aliphatic carbocycles. The van der Waals surface area contributed by atoms with Crippen molar-refractivity contribution in [3.63, 3.8) is 0 Å². The fourth-order valence-corrected chi connectivity index (χ4v) is 6.60. The van der Waals surface area contributed by atoms with Gasteiger partial charge in [-0.3, -0.25) is 9.59 Å². The molecule has 6 atom stereocenters. The molecule has 7 rings (SSSR count). The van der Waals surface area contributed by atoms with Crippen LogP contribution in [0.25, 0.3) is 0 Å². The van der Waals surface area contributed by atoms with E-state index < -0.39 is 47.7 Å². The Morgan fingerprint density at radius 3 is 2.67 bits per heavy atom. The molecule has 4 aliphatic heterocycles. The number of carbonyl (C=O) groups excluding carboxylic acids is 3. The average Bonchev–Trinajstić information content (AvgIpc) is 3.79. The molecule has 4 bridgehead atoms. The van der Waals surface area contributed by atoms with Crippen LogP contribution in [0.1, 0.15) is 67.8 Å². The van der Waals surface area contributed by atoms with Crippen molar-refractivity contribution >= 4 is 29.7 Å². The fraction of sp³-hybridized carbons (Fsp3) is 0.424. The number of aromatic nitrogens is 1. The molecule has 2 amide bonds. The number of amides is 2. The highest BCUT2D eigenvalue weighted by atomic mass is 16.5. The van der Waals surface area contributed by atoms with Crippen molar-refractivity contribution in [3.8, 4) is 5.75 Å². The molecule has 234 valence electrons. The van der Waals surface area contributed by atoms with Gasteiger partial charge >= 0.3 is 0 Å². The van der Waals surface area contributed by atoms with E-state index in [0.29, 0.717) is 17.2 Å². The minimum absolute atomic E-state index is 0.0803. The normalized spacial score (nSPS) is 26.7. The van der Waals surface area contributed by atoms with Crippen LogP contribution < -0.4 is 20.7 Å². The summed E-state index contributed by atoms with van der Waals surface area (Å²) in [6.07, 6.45) is -1.01. The number of aliphatic hydroxyl groups is 1. The lowest BCUT2D eigenvalue weighted by molar-refractivity contribution is -0.136. The number of ether oxygens (including phenoxy) is 2. The lowest BCUT2D eigenvalue weighted by Gasteiger charge is -2.29. The minimum Gasteiger partial charge on any atom is -0.474 e. The second kappa shape index (κ2) is 10.7. The molecule has 0 saturated carbocycles. The van der Waals surface area contributed by atoms with Crippen molar-refractivity contribution in [1.29, 1.82) is 0 Å². The summed E-state index contributed by atoms with van der Waals surface area (Å²) in [6, 6.07) is 11.1. The lowest BCUT2D eigenvalue weighted by atomic mass is 9.72. The number of para-hydroxylation sites is 1. The summed E-state index contributed by atoms with van der Waals surface area (Å²) < 4.78 is 19.2. The minimum atomic E-state index is -1.28.